The van der Waals surface area contributed by atoms with Crippen molar-refractivity contribution in [1.29, 1.82) is 0 Å². The molecule has 0 spiro atoms. The molecule has 130 valence electrons. The lowest BCUT2D eigenvalue weighted by Gasteiger charge is -2.39. The molecule has 0 saturated carbocycles. The van der Waals surface area contributed by atoms with Crippen LogP contribution in [0.15, 0.2) is 24.3 Å². The maximum atomic E-state index is 12.8. The first kappa shape index (κ1) is 19.8. The summed E-state index contributed by atoms with van der Waals surface area (Å²) in [4.78, 5) is 12.8. The Hall–Kier alpha value is -1.26. The summed E-state index contributed by atoms with van der Waals surface area (Å²) in [6, 6.07) is 7.90. The third-order valence-electron chi connectivity index (χ3n) is 4.91. The molecule has 1 atom stereocenters. The first-order chi connectivity index (χ1) is 10.4. The zero-order valence-electron chi connectivity index (χ0n) is 14.5. The summed E-state index contributed by atoms with van der Waals surface area (Å²) in [5.74, 6) is 0.910. The van der Waals surface area contributed by atoms with Crippen molar-refractivity contribution < 1.29 is 9.53 Å². The van der Waals surface area contributed by atoms with Crippen molar-refractivity contribution in [2.45, 2.75) is 58.6 Å². The van der Waals surface area contributed by atoms with Gasteiger partial charge in [0.05, 0.1) is 11.5 Å². The highest BCUT2D eigenvalue weighted by molar-refractivity contribution is 5.85. The largest absolute Gasteiger partial charge is 0.487 e. The maximum Gasteiger partial charge on any atom is 0.227 e. The number of para-hydroxylation sites is 1. The van der Waals surface area contributed by atoms with Gasteiger partial charge in [-0.2, -0.15) is 0 Å². The number of ether oxygens (including phenoxy) is 1. The molecule has 0 bridgehead atoms. The predicted octanol–water partition coefficient (Wildman–Crippen LogP) is 3.59. The summed E-state index contributed by atoms with van der Waals surface area (Å²) in [6.07, 6.45) is 2.25. The molecule has 2 rings (SSSR count). The van der Waals surface area contributed by atoms with Crippen LogP contribution >= 0.6 is 12.4 Å². The van der Waals surface area contributed by atoms with Crippen molar-refractivity contribution in [2.24, 2.45) is 11.1 Å². The van der Waals surface area contributed by atoms with Gasteiger partial charge >= 0.3 is 0 Å². The minimum absolute atomic E-state index is 0. The van der Waals surface area contributed by atoms with Crippen molar-refractivity contribution in [3.05, 3.63) is 29.8 Å². The molecular weight excluding hydrogens is 312 g/mol. The second-order valence-corrected chi connectivity index (χ2v) is 6.82. The van der Waals surface area contributed by atoms with Gasteiger partial charge in [0.1, 0.15) is 11.4 Å². The number of halogens is 1. The van der Waals surface area contributed by atoms with E-state index in [2.05, 4.69) is 19.2 Å². The number of benzene rings is 1. The number of amides is 1. The summed E-state index contributed by atoms with van der Waals surface area (Å²) in [5, 5.41) is 3.23. The SMILES string of the molecule is CCC(CC)(CN)C(=O)NC1CC(C)(C)Oc2ccccc21.Cl. The zero-order chi connectivity index (χ0) is 16.4. The molecule has 1 unspecified atom stereocenters. The maximum absolute atomic E-state index is 12.8. The molecule has 3 N–H and O–H groups in total. The lowest BCUT2D eigenvalue weighted by Crippen LogP contribution is -2.49. The lowest BCUT2D eigenvalue weighted by atomic mass is 9.80. The van der Waals surface area contributed by atoms with Gasteiger partial charge in [0.15, 0.2) is 0 Å². The lowest BCUT2D eigenvalue weighted by molar-refractivity contribution is -0.132. The van der Waals surface area contributed by atoms with Crippen LogP contribution in [0.2, 0.25) is 0 Å². The first-order valence-electron chi connectivity index (χ1n) is 8.16. The van der Waals surface area contributed by atoms with E-state index >= 15 is 0 Å². The van der Waals surface area contributed by atoms with E-state index in [-0.39, 0.29) is 30.0 Å². The molecule has 1 aliphatic rings. The van der Waals surface area contributed by atoms with E-state index in [1.807, 2.05) is 38.1 Å². The Labute approximate surface area is 145 Å². The topological polar surface area (TPSA) is 64.4 Å². The number of fused-ring (bicyclic) bond motifs is 1. The molecule has 1 aliphatic heterocycles. The average Bonchev–Trinajstić information content (AvgIpc) is 2.48. The summed E-state index contributed by atoms with van der Waals surface area (Å²) in [7, 11) is 0. The predicted molar refractivity (Wildman–Crippen MR) is 96.0 cm³/mol. The second-order valence-electron chi connectivity index (χ2n) is 6.82. The van der Waals surface area contributed by atoms with Gasteiger partial charge in [0, 0.05) is 18.5 Å². The highest BCUT2D eigenvalue weighted by Gasteiger charge is 2.39. The quantitative estimate of drug-likeness (QED) is 0.860. The minimum Gasteiger partial charge on any atom is -0.487 e. The first-order valence-corrected chi connectivity index (χ1v) is 8.16. The van der Waals surface area contributed by atoms with Crippen molar-refractivity contribution in [2.75, 3.05) is 6.54 Å². The van der Waals surface area contributed by atoms with E-state index in [4.69, 9.17) is 10.5 Å². The van der Waals surface area contributed by atoms with Crippen molar-refractivity contribution in [3.8, 4) is 5.75 Å². The normalized spacial score (nSPS) is 19.1. The van der Waals surface area contributed by atoms with E-state index in [0.717, 1.165) is 30.6 Å². The smallest absolute Gasteiger partial charge is 0.227 e. The van der Waals surface area contributed by atoms with Gasteiger partial charge in [-0.3, -0.25) is 4.79 Å². The number of carbonyl (C=O) groups is 1. The van der Waals surface area contributed by atoms with Gasteiger partial charge in [0.25, 0.3) is 0 Å². The molecule has 0 aliphatic carbocycles. The number of nitrogens with one attached hydrogen (secondary N) is 1. The molecule has 0 fully saturated rings. The molecule has 0 saturated heterocycles. The second kappa shape index (κ2) is 7.54. The van der Waals surface area contributed by atoms with E-state index in [1.54, 1.807) is 0 Å². The van der Waals surface area contributed by atoms with Crippen LogP contribution < -0.4 is 15.8 Å². The van der Waals surface area contributed by atoms with Crippen LogP contribution in [0.1, 0.15) is 58.6 Å². The number of carbonyl (C=O) groups excluding carboxylic acids is 1. The van der Waals surface area contributed by atoms with Gasteiger partial charge in [-0.25, -0.2) is 0 Å². The van der Waals surface area contributed by atoms with Gasteiger partial charge in [-0.1, -0.05) is 32.0 Å². The molecule has 5 heteroatoms. The van der Waals surface area contributed by atoms with Gasteiger partial charge < -0.3 is 15.8 Å². The molecule has 1 aromatic rings. The zero-order valence-corrected chi connectivity index (χ0v) is 15.3. The molecule has 1 amide bonds. The number of nitrogens with two attached hydrogens (primary N) is 1. The molecule has 0 radical (unpaired) electrons. The van der Waals surface area contributed by atoms with E-state index in [9.17, 15) is 4.79 Å². The molecule has 1 aromatic carbocycles. The van der Waals surface area contributed by atoms with Crippen LogP contribution in [0.25, 0.3) is 0 Å². The highest BCUT2D eigenvalue weighted by atomic mass is 35.5. The molecule has 0 aromatic heterocycles. The Bertz CT molecular complexity index is 533. The fourth-order valence-electron chi connectivity index (χ4n) is 3.19. The third-order valence-corrected chi connectivity index (χ3v) is 4.91. The number of rotatable bonds is 5. The van der Waals surface area contributed by atoms with Crippen molar-refractivity contribution >= 4 is 18.3 Å². The van der Waals surface area contributed by atoms with Crippen LogP contribution in [0, 0.1) is 5.41 Å². The summed E-state index contributed by atoms with van der Waals surface area (Å²) in [6.45, 7) is 8.53. The summed E-state index contributed by atoms with van der Waals surface area (Å²) in [5.41, 5.74) is 6.18. The van der Waals surface area contributed by atoms with Crippen LogP contribution in [0.5, 0.6) is 5.75 Å². The van der Waals surface area contributed by atoms with E-state index in [0.29, 0.717) is 6.54 Å². The number of hydrogen-bond acceptors (Lipinski definition) is 3. The summed E-state index contributed by atoms with van der Waals surface area (Å²) >= 11 is 0. The van der Waals surface area contributed by atoms with Crippen LogP contribution in [-0.2, 0) is 4.79 Å². The molecular formula is C18H29ClN2O2. The third kappa shape index (κ3) is 3.99. The molecule has 23 heavy (non-hydrogen) atoms. The van der Waals surface area contributed by atoms with E-state index < -0.39 is 5.41 Å². The average molecular weight is 341 g/mol. The van der Waals surface area contributed by atoms with Crippen molar-refractivity contribution in [3.63, 3.8) is 0 Å². The monoisotopic (exact) mass is 340 g/mol. The number of hydrogen-bond donors (Lipinski definition) is 2. The Morgan fingerprint density at radius 2 is 1.96 bits per heavy atom. The van der Waals surface area contributed by atoms with Crippen molar-refractivity contribution in [1.82, 2.24) is 5.32 Å². The Morgan fingerprint density at radius 3 is 2.52 bits per heavy atom. The van der Waals surface area contributed by atoms with E-state index in [1.165, 1.54) is 0 Å². The Balaban J connectivity index is 0.00000264. The van der Waals surface area contributed by atoms with Gasteiger partial charge in [-0.15, -0.1) is 12.4 Å². The fraction of sp³-hybridized carbons (Fsp3) is 0.611. The Kier molecular flexibility index (Phi) is 6.49. The van der Waals surface area contributed by atoms with Crippen LogP contribution in [-0.4, -0.2) is 18.1 Å². The molecule has 1 heterocycles. The van der Waals surface area contributed by atoms with Crippen LogP contribution in [0.4, 0.5) is 0 Å². The Morgan fingerprint density at radius 1 is 1.35 bits per heavy atom. The standard InChI is InChI=1S/C18H28N2O2.ClH/c1-5-18(6-2,12-19)16(21)20-14-11-17(3,4)22-15-10-8-7-9-13(14)15;/h7-10,14H,5-6,11-12,19H2,1-4H3,(H,20,21);1H. The van der Waals surface area contributed by atoms with Gasteiger partial charge in [-0.05, 0) is 32.8 Å². The fourth-order valence-corrected chi connectivity index (χ4v) is 3.19. The highest BCUT2D eigenvalue weighted by Crippen LogP contribution is 2.40. The van der Waals surface area contributed by atoms with Crippen LogP contribution in [0.3, 0.4) is 0 Å². The van der Waals surface area contributed by atoms with Gasteiger partial charge in [0.2, 0.25) is 5.91 Å². The summed E-state index contributed by atoms with van der Waals surface area (Å²) < 4.78 is 6.02. The minimum atomic E-state index is -0.475. The molecule has 4 nitrogen and oxygen atoms in total.